The third-order valence-corrected chi connectivity index (χ3v) is 5.19. The van der Waals surface area contributed by atoms with Crippen LogP contribution in [0, 0.1) is 5.92 Å². The summed E-state index contributed by atoms with van der Waals surface area (Å²) in [6.07, 6.45) is 7.46. The lowest BCUT2D eigenvalue weighted by Crippen LogP contribution is -2.44. The van der Waals surface area contributed by atoms with Crippen molar-refractivity contribution >= 4 is 17.2 Å². The van der Waals surface area contributed by atoms with Crippen molar-refractivity contribution < 1.29 is 4.79 Å². The van der Waals surface area contributed by atoms with Crippen molar-refractivity contribution in [1.82, 2.24) is 19.7 Å². The number of piperidine rings is 1. The van der Waals surface area contributed by atoms with E-state index in [0.29, 0.717) is 10.8 Å². The van der Waals surface area contributed by atoms with Gasteiger partial charge in [-0.05, 0) is 25.7 Å². The molecule has 0 spiro atoms. The van der Waals surface area contributed by atoms with Gasteiger partial charge in [0.15, 0.2) is 0 Å². The highest BCUT2D eigenvalue weighted by Crippen LogP contribution is 2.27. The minimum Gasteiger partial charge on any atom is -0.338 e. The number of likely N-dealkylation sites (tertiary alicyclic amines) is 1. The molecular weight excluding hydrogens is 298 g/mol. The molecule has 2 aromatic rings. The van der Waals surface area contributed by atoms with Crippen LogP contribution in [0.25, 0.3) is 10.6 Å². The zero-order valence-electron chi connectivity index (χ0n) is 12.9. The number of nitrogens with zero attached hydrogens (tertiary/aromatic N) is 4. The lowest BCUT2D eigenvalue weighted by Gasteiger charge is -2.34. The van der Waals surface area contributed by atoms with Gasteiger partial charge >= 0.3 is 0 Å². The first-order valence-electron chi connectivity index (χ1n) is 7.54. The van der Waals surface area contributed by atoms with Crippen LogP contribution in [-0.4, -0.2) is 44.7 Å². The number of carbonyl (C=O) groups excluding carboxylic acids is 1. The van der Waals surface area contributed by atoms with Gasteiger partial charge in [-0.2, -0.15) is 5.10 Å². The van der Waals surface area contributed by atoms with Crippen LogP contribution in [0.4, 0.5) is 0 Å². The monoisotopic (exact) mass is 319 g/mol. The van der Waals surface area contributed by atoms with E-state index in [0.717, 1.165) is 36.5 Å². The van der Waals surface area contributed by atoms with Gasteiger partial charge in [-0.15, -0.1) is 11.3 Å². The van der Waals surface area contributed by atoms with Gasteiger partial charge in [0.2, 0.25) is 0 Å². The molecule has 118 valence electrons. The molecule has 2 unspecified atom stereocenters. The molecule has 1 fully saturated rings. The summed E-state index contributed by atoms with van der Waals surface area (Å²) in [5.41, 5.74) is 6.94. The maximum atomic E-state index is 12.7. The number of carbonyl (C=O) groups is 1. The molecule has 0 radical (unpaired) electrons. The van der Waals surface area contributed by atoms with Crippen LogP contribution in [0.15, 0.2) is 18.6 Å². The molecule has 1 aliphatic heterocycles. The van der Waals surface area contributed by atoms with Gasteiger partial charge < -0.3 is 10.6 Å². The molecule has 3 rings (SSSR count). The highest BCUT2D eigenvalue weighted by Gasteiger charge is 2.27. The Balaban J connectivity index is 1.74. The summed E-state index contributed by atoms with van der Waals surface area (Å²) in [4.78, 5) is 19.6. The summed E-state index contributed by atoms with van der Waals surface area (Å²) in [5, 5.41) is 4.97. The van der Waals surface area contributed by atoms with E-state index in [1.165, 1.54) is 11.3 Å². The standard InChI is InChI=1S/C15H21N5OS/c1-10(16)11-4-3-5-20(9-11)15(21)13-7-17-14(22-13)12-6-18-19(2)8-12/h6-8,10-11H,3-5,9,16H2,1-2H3. The predicted octanol–water partition coefficient (Wildman–Crippen LogP) is 1.74. The summed E-state index contributed by atoms with van der Waals surface area (Å²) >= 11 is 1.42. The third kappa shape index (κ3) is 3.05. The van der Waals surface area contributed by atoms with E-state index in [2.05, 4.69) is 10.1 Å². The Morgan fingerprint density at radius 3 is 3.00 bits per heavy atom. The first-order chi connectivity index (χ1) is 10.5. The van der Waals surface area contributed by atoms with E-state index in [-0.39, 0.29) is 11.9 Å². The largest absolute Gasteiger partial charge is 0.338 e. The second-order valence-corrected chi connectivity index (χ2v) is 6.98. The van der Waals surface area contributed by atoms with Crippen molar-refractivity contribution in [1.29, 1.82) is 0 Å². The Bertz CT molecular complexity index is 662. The van der Waals surface area contributed by atoms with Crippen LogP contribution in [0.2, 0.25) is 0 Å². The van der Waals surface area contributed by atoms with E-state index in [9.17, 15) is 4.79 Å². The van der Waals surface area contributed by atoms with Crippen molar-refractivity contribution in [3.63, 3.8) is 0 Å². The fraction of sp³-hybridized carbons (Fsp3) is 0.533. The summed E-state index contributed by atoms with van der Waals surface area (Å²) in [6.45, 7) is 3.57. The van der Waals surface area contributed by atoms with Crippen molar-refractivity contribution in [2.45, 2.75) is 25.8 Å². The van der Waals surface area contributed by atoms with E-state index in [4.69, 9.17) is 5.73 Å². The second kappa shape index (κ2) is 6.18. The molecule has 2 N–H and O–H groups in total. The van der Waals surface area contributed by atoms with E-state index >= 15 is 0 Å². The number of aryl methyl sites for hydroxylation is 1. The van der Waals surface area contributed by atoms with Gasteiger partial charge in [-0.25, -0.2) is 4.98 Å². The molecule has 22 heavy (non-hydrogen) atoms. The molecule has 1 amide bonds. The SMILES string of the molecule is CC(N)C1CCCN(C(=O)c2cnc(-c3cnn(C)c3)s2)C1. The lowest BCUT2D eigenvalue weighted by molar-refractivity contribution is 0.0665. The summed E-state index contributed by atoms with van der Waals surface area (Å²) < 4.78 is 1.73. The Hall–Kier alpha value is -1.73. The van der Waals surface area contributed by atoms with Crippen LogP contribution < -0.4 is 5.73 Å². The maximum absolute atomic E-state index is 12.7. The van der Waals surface area contributed by atoms with Crippen LogP contribution in [-0.2, 0) is 7.05 Å². The van der Waals surface area contributed by atoms with Gasteiger partial charge in [0, 0.05) is 37.9 Å². The van der Waals surface area contributed by atoms with E-state index in [1.807, 2.05) is 25.1 Å². The van der Waals surface area contributed by atoms with Gasteiger partial charge in [-0.1, -0.05) is 0 Å². The summed E-state index contributed by atoms with van der Waals surface area (Å²) in [6, 6.07) is 0.128. The molecule has 1 aliphatic rings. The first-order valence-corrected chi connectivity index (χ1v) is 8.36. The van der Waals surface area contributed by atoms with Gasteiger partial charge in [0.1, 0.15) is 9.88 Å². The molecule has 6 nitrogen and oxygen atoms in total. The fourth-order valence-electron chi connectivity index (χ4n) is 2.82. The Morgan fingerprint density at radius 1 is 1.50 bits per heavy atom. The van der Waals surface area contributed by atoms with Crippen molar-refractivity contribution in [2.24, 2.45) is 18.7 Å². The van der Waals surface area contributed by atoms with E-state index < -0.39 is 0 Å². The molecule has 0 bridgehead atoms. The molecule has 3 heterocycles. The van der Waals surface area contributed by atoms with Crippen LogP contribution >= 0.6 is 11.3 Å². The van der Waals surface area contributed by atoms with Gasteiger partial charge in [-0.3, -0.25) is 9.48 Å². The van der Waals surface area contributed by atoms with E-state index in [1.54, 1.807) is 17.1 Å². The van der Waals surface area contributed by atoms with Crippen LogP contribution in [0.3, 0.4) is 0 Å². The molecular formula is C15H21N5OS. The number of rotatable bonds is 3. The smallest absolute Gasteiger partial charge is 0.265 e. The zero-order chi connectivity index (χ0) is 15.7. The minimum atomic E-state index is 0.0676. The molecule has 0 aromatic carbocycles. The number of aromatic nitrogens is 3. The highest BCUT2D eigenvalue weighted by atomic mass is 32.1. The predicted molar refractivity (Wildman–Crippen MR) is 86.6 cm³/mol. The molecule has 0 saturated carbocycles. The number of thiazole rings is 1. The Labute approximate surface area is 133 Å². The Morgan fingerprint density at radius 2 is 2.32 bits per heavy atom. The van der Waals surface area contributed by atoms with Crippen LogP contribution in [0.1, 0.15) is 29.4 Å². The summed E-state index contributed by atoms with van der Waals surface area (Å²) in [7, 11) is 1.87. The Kier molecular flexibility index (Phi) is 4.26. The maximum Gasteiger partial charge on any atom is 0.265 e. The molecule has 7 heteroatoms. The quantitative estimate of drug-likeness (QED) is 0.935. The van der Waals surface area contributed by atoms with Crippen LogP contribution in [0.5, 0.6) is 0 Å². The van der Waals surface area contributed by atoms with Gasteiger partial charge in [0.25, 0.3) is 5.91 Å². The topological polar surface area (TPSA) is 77.0 Å². The highest BCUT2D eigenvalue weighted by molar-refractivity contribution is 7.16. The lowest BCUT2D eigenvalue weighted by atomic mass is 9.92. The average Bonchev–Trinajstić information content (AvgIpc) is 3.15. The average molecular weight is 319 g/mol. The van der Waals surface area contributed by atoms with Crippen molar-refractivity contribution in [3.8, 4) is 10.6 Å². The summed E-state index contributed by atoms with van der Waals surface area (Å²) in [5.74, 6) is 0.460. The molecule has 2 aromatic heterocycles. The third-order valence-electron chi connectivity index (χ3n) is 4.16. The second-order valence-electron chi connectivity index (χ2n) is 5.94. The number of hydrogen-bond donors (Lipinski definition) is 1. The van der Waals surface area contributed by atoms with Crippen molar-refractivity contribution in [2.75, 3.05) is 13.1 Å². The molecule has 0 aliphatic carbocycles. The number of hydrogen-bond acceptors (Lipinski definition) is 5. The zero-order valence-corrected chi connectivity index (χ0v) is 13.7. The fourth-order valence-corrected chi connectivity index (χ4v) is 3.68. The number of amides is 1. The van der Waals surface area contributed by atoms with Gasteiger partial charge in [0.05, 0.1) is 12.4 Å². The minimum absolute atomic E-state index is 0.0676. The molecule has 2 atom stereocenters. The van der Waals surface area contributed by atoms with Crippen molar-refractivity contribution in [3.05, 3.63) is 23.5 Å². The number of nitrogens with two attached hydrogens (primary N) is 1. The first kappa shape index (κ1) is 15.2. The normalized spacial score (nSPS) is 20.1. The molecule has 1 saturated heterocycles.